The van der Waals surface area contributed by atoms with Crippen LogP contribution in [-0.4, -0.2) is 43.3 Å². The molecule has 0 aliphatic carbocycles. The zero-order valence-electron chi connectivity index (χ0n) is 13.6. The fourth-order valence-electron chi connectivity index (χ4n) is 3.54. The molecule has 4 nitrogen and oxygen atoms in total. The summed E-state index contributed by atoms with van der Waals surface area (Å²) in [6.45, 7) is 5.76. The van der Waals surface area contributed by atoms with Crippen LogP contribution in [0.15, 0.2) is 24.3 Å². The van der Waals surface area contributed by atoms with Gasteiger partial charge in [-0.25, -0.2) is 0 Å². The first kappa shape index (κ1) is 16.3. The maximum atomic E-state index is 6.16. The van der Waals surface area contributed by atoms with Crippen LogP contribution >= 0.6 is 0 Å². The maximum absolute atomic E-state index is 6.16. The average Bonchev–Trinajstić information content (AvgIpc) is 2.46. The molecule has 1 heterocycles. The number of rotatable bonds is 5. The van der Waals surface area contributed by atoms with Gasteiger partial charge in [0.15, 0.2) is 0 Å². The molecule has 2 N–H and O–H groups in total. The van der Waals surface area contributed by atoms with E-state index in [2.05, 4.69) is 37.9 Å². The summed E-state index contributed by atoms with van der Waals surface area (Å²) in [5.41, 5.74) is 7.35. The number of hydrogen-bond donors (Lipinski definition) is 1. The maximum Gasteiger partial charge on any atom is 0.123 e. The van der Waals surface area contributed by atoms with E-state index in [1.54, 1.807) is 7.11 Å². The molecule has 2 atom stereocenters. The third kappa shape index (κ3) is 3.57. The molecule has 1 aromatic carbocycles. The molecule has 1 aliphatic rings. The summed E-state index contributed by atoms with van der Waals surface area (Å²) in [7, 11) is 3.88. The van der Waals surface area contributed by atoms with Gasteiger partial charge in [0.25, 0.3) is 0 Å². The lowest BCUT2D eigenvalue weighted by Gasteiger charge is -2.48. The van der Waals surface area contributed by atoms with E-state index >= 15 is 0 Å². The third-order valence-electron chi connectivity index (χ3n) is 4.59. The highest BCUT2D eigenvalue weighted by Crippen LogP contribution is 2.34. The van der Waals surface area contributed by atoms with Crippen LogP contribution in [0.3, 0.4) is 0 Å². The van der Waals surface area contributed by atoms with Crippen molar-refractivity contribution < 1.29 is 9.47 Å². The number of benzene rings is 1. The van der Waals surface area contributed by atoms with Crippen LogP contribution in [0.25, 0.3) is 0 Å². The quantitative estimate of drug-likeness (QED) is 0.905. The van der Waals surface area contributed by atoms with Gasteiger partial charge in [0.1, 0.15) is 5.75 Å². The molecule has 1 fully saturated rings. The third-order valence-corrected chi connectivity index (χ3v) is 4.59. The molecule has 2 unspecified atom stereocenters. The number of nitrogens with zero attached hydrogens (tertiary/aromatic N) is 1. The Morgan fingerprint density at radius 2 is 1.90 bits per heavy atom. The van der Waals surface area contributed by atoms with Gasteiger partial charge in [0.2, 0.25) is 0 Å². The van der Waals surface area contributed by atoms with Gasteiger partial charge in [-0.05, 0) is 39.8 Å². The lowest BCUT2D eigenvalue weighted by molar-refractivity contribution is -0.0994. The second kappa shape index (κ2) is 6.77. The number of ether oxygens (including phenoxy) is 2. The summed E-state index contributed by atoms with van der Waals surface area (Å²) < 4.78 is 11.3. The van der Waals surface area contributed by atoms with Crippen LogP contribution < -0.4 is 10.5 Å². The Labute approximate surface area is 128 Å². The summed E-state index contributed by atoms with van der Waals surface area (Å²) in [5, 5.41) is 0. The molecule has 118 valence electrons. The highest BCUT2D eigenvalue weighted by Gasteiger charge is 2.40. The Kier molecular flexibility index (Phi) is 5.25. The van der Waals surface area contributed by atoms with Crippen LogP contribution in [-0.2, 0) is 11.3 Å². The molecule has 2 rings (SSSR count). The standard InChI is InChI=1S/C17H28N2O2/c1-13-9-17(12-18,10-14(2)21-13)19(3)11-15-7-5-6-8-16(15)20-4/h5-8,13-14H,9-12,18H2,1-4H3. The number of nitrogens with two attached hydrogens (primary N) is 1. The van der Waals surface area contributed by atoms with E-state index in [-0.39, 0.29) is 17.7 Å². The summed E-state index contributed by atoms with van der Waals surface area (Å²) in [6, 6.07) is 8.18. The van der Waals surface area contributed by atoms with Gasteiger partial charge in [0, 0.05) is 24.2 Å². The van der Waals surface area contributed by atoms with Crippen LogP contribution in [0.1, 0.15) is 32.3 Å². The predicted molar refractivity (Wildman–Crippen MR) is 85.5 cm³/mol. The van der Waals surface area contributed by atoms with Gasteiger partial charge < -0.3 is 15.2 Å². The summed E-state index contributed by atoms with van der Waals surface area (Å²) >= 11 is 0. The van der Waals surface area contributed by atoms with Crippen molar-refractivity contribution in [3.63, 3.8) is 0 Å². The van der Waals surface area contributed by atoms with Gasteiger partial charge in [0.05, 0.1) is 19.3 Å². The van der Waals surface area contributed by atoms with Gasteiger partial charge >= 0.3 is 0 Å². The van der Waals surface area contributed by atoms with Crippen LogP contribution in [0.4, 0.5) is 0 Å². The highest BCUT2D eigenvalue weighted by atomic mass is 16.5. The molecule has 1 saturated heterocycles. The van der Waals surface area contributed by atoms with E-state index in [0.717, 1.165) is 25.1 Å². The van der Waals surface area contributed by atoms with E-state index in [1.807, 2.05) is 12.1 Å². The van der Waals surface area contributed by atoms with Gasteiger partial charge in [-0.3, -0.25) is 4.90 Å². The van der Waals surface area contributed by atoms with E-state index in [1.165, 1.54) is 5.56 Å². The Balaban J connectivity index is 2.18. The zero-order valence-corrected chi connectivity index (χ0v) is 13.6. The Bertz CT molecular complexity index is 454. The van der Waals surface area contributed by atoms with Gasteiger partial charge in [-0.15, -0.1) is 0 Å². The van der Waals surface area contributed by atoms with E-state index in [0.29, 0.717) is 6.54 Å². The Hall–Kier alpha value is -1.10. The number of para-hydroxylation sites is 1. The lowest BCUT2D eigenvalue weighted by Crippen LogP contribution is -2.58. The fourth-order valence-corrected chi connectivity index (χ4v) is 3.54. The molecular weight excluding hydrogens is 264 g/mol. The molecule has 1 aromatic rings. The number of hydrogen-bond acceptors (Lipinski definition) is 4. The normalized spacial score (nSPS) is 29.6. The van der Waals surface area contributed by atoms with E-state index in [9.17, 15) is 0 Å². The van der Waals surface area contributed by atoms with E-state index in [4.69, 9.17) is 15.2 Å². The van der Waals surface area contributed by atoms with Crippen molar-refractivity contribution in [2.75, 3.05) is 20.7 Å². The second-order valence-corrected chi connectivity index (χ2v) is 6.26. The van der Waals surface area contributed by atoms with Gasteiger partial charge in [-0.2, -0.15) is 0 Å². The van der Waals surface area contributed by atoms with Crippen molar-refractivity contribution in [3.05, 3.63) is 29.8 Å². The molecule has 0 saturated carbocycles. The lowest BCUT2D eigenvalue weighted by atomic mass is 9.82. The molecule has 0 spiro atoms. The molecule has 0 amide bonds. The van der Waals surface area contributed by atoms with Crippen molar-refractivity contribution >= 4 is 0 Å². The molecule has 0 radical (unpaired) electrons. The first-order valence-corrected chi connectivity index (χ1v) is 7.69. The van der Waals surface area contributed by atoms with Crippen molar-refractivity contribution in [1.29, 1.82) is 0 Å². The van der Waals surface area contributed by atoms with Crippen molar-refractivity contribution in [2.45, 2.75) is 51.0 Å². The zero-order chi connectivity index (χ0) is 15.5. The SMILES string of the molecule is COc1ccccc1CN(C)C1(CN)CC(C)OC(C)C1. The van der Waals surface area contributed by atoms with Crippen molar-refractivity contribution in [3.8, 4) is 5.75 Å². The number of likely N-dealkylation sites (N-methyl/N-ethyl adjacent to an activating group) is 1. The molecule has 0 bridgehead atoms. The summed E-state index contributed by atoms with van der Waals surface area (Å²) in [6.07, 6.45) is 2.44. The molecule has 4 heteroatoms. The average molecular weight is 292 g/mol. The first-order chi connectivity index (χ1) is 10.0. The molecule has 21 heavy (non-hydrogen) atoms. The molecular formula is C17H28N2O2. The second-order valence-electron chi connectivity index (χ2n) is 6.26. The number of methoxy groups -OCH3 is 1. The summed E-state index contributed by atoms with van der Waals surface area (Å²) in [4.78, 5) is 2.38. The largest absolute Gasteiger partial charge is 0.496 e. The van der Waals surface area contributed by atoms with Crippen LogP contribution in [0, 0.1) is 0 Å². The van der Waals surface area contributed by atoms with Crippen LogP contribution in [0.5, 0.6) is 5.75 Å². The smallest absolute Gasteiger partial charge is 0.123 e. The summed E-state index contributed by atoms with van der Waals surface area (Å²) in [5.74, 6) is 0.935. The highest BCUT2D eigenvalue weighted by molar-refractivity contribution is 5.33. The minimum atomic E-state index is -0.00205. The van der Waals surface area contributed by atoms with Crippen LogP contribution in [0.2, 0.25) is 0 Å². The monoisotopic (exact) mass is 292 g/mol. The van der Waals surface area contributed by atoms with Crippen molar-refractivity contribution in [2.24, 2.45) is 5.73 Å². The molecule has 1 aliphatic heterocycles. The fraction of sp³-hybridized carbons (Fsp3) is 0.647. The topological polar surface area (TPSA) is 47.7 Å². The van der Waals surface area contributed by atoms with Gasteiger partial charge in [-0.1, -0.05) is 18.2 Å². The minimum absolute atomic E-state index is 0.00205. The van der Waals surface area contributed by atoms with E-state index < -0.39 is 0 Å². The Morgan fingerprint density at radius 3 is 2.48 bits per heavy atom. The minimum Gasteiger partial charge on any atom is -0.496 e. The first-order valence-electron chi connectivity index (χ1n) is 7.69. The van der Waals surface area contributed by atoms with Crippen molar-refractivity contribution in [1.82, 2.24) is 4.90 Å². The molecule has 0 aromatic heterocycles. The predicted octanol–water partition coefficient (Wildman–Crippen LogP) is 2.41. The Morgan fingerprint density at radius 1 is 1.29 bits per heavy atom.